The van der Waals surface area contributed by atoms with Gasteiger partial charge >= 0.3 is 0 Å². The number of nitrogens with one attached hydrogen (secondary N) is 1. The summed E-state index contributed by atoms with van der Waals surface area (Å²) in [4.78, 5) is 15.4. The van der Waals surface area contributed by atoms with E-state index in [1.807, 2.05) is 12.1 Å². The largest absolute Gasteiger partial charge is 0.375 e. The first-order chi connectivity index (χ1) is 10.1. The lowest BCUT2D eigenvalue weighted by Crippen LogP contribution is -2.29. The Morgan fingerprint density at radius 3 is 2.62 bits per heavy atom. The first kappa shape index (κ1) is 15.4. The number of nitrogens with zero attached hydrogens (tertiary/aromatic N) is 1. The van der Waals surface area contributed by atoms with Crippen LogP contribution in [0.3, 0.4) is 0 Å². The summed E-state index contributed by atoms with van der Waals surface area (Å²) < 4.78 is 18.0. The molecule has 1 heterocycles. The molecule has 110 valence electrons. The van der Waals surface area contributed by atoms with Crippen LogP contribution in [0.5, 0.6) is 0 Å². The highest BCUT2D eigenvalue weighted by Crippen LogP contribution is 2.18. The summed E-state index contributed by atoms with van der Waals surface area (Å²) in [5, 5.41) is 3.36. The maximum absolute atomic E-state index is 12.7. The molecule has 0 bridgehead atoms. The summed E-state index contributed by atoms with van der Waals surface area (Å²) in [6, 6.07) is 9.71. The number of amides is 1. The number of hydrogen-bond acceptors (Lipinski definition) is 3. The fourth-order valence-electron chi connectivity index (χ4n) is 1.81. The molecule has 0 aliphatic heterocycles. The van der Waals surface area contributed by atoms with E-state index in [1.54, 1.807) is 19.2 Å². The molecular weight excluding hydrogens is 295 g/mol. The Bertz CT molecular complexity index is 602. The molecule has 0 saturated heterocycles. The van der Waals surface area contributed by atoms with Crippen LogP contribution in [0.4, 0.5) is 4.39 Å². The predicted molar refractivity (Wildman–Crippen MR) is 77.7 cm³/mol. The van der Waals surface area contributed by atoms with Gasteiger partial charge in [0.15, 0.2) is 0 Å². The van der Waals surface area contributed by atoms with Crippen molar-refractivity contribution in [3.8, 4) is 0 Å². The van der Waals surface area contributed by atoms with Crippen molar-refractivity contribution in [2.24, 2.45) is 0 Å². The van der Waals surface area contributed by atoms with E-state index in [1.165, 1.54) is 12.3 Å². The van der Waals surface area contributed by atoms with Gasteiger partial charge in [-0.2, -0.15) is 4.39 Å². The number of carbonyl (C=O) groups is 1. The van der Waals surface area contributed by atoms with Crippen molar-refractivity contribution < 1.29 is 13.9 Å². The molecule has 1 aromatic carbocycles. The van der Waals surface area contributed by atoms with Crippen LogP contribution >= 0.6 is 11.6 Å². The van der Waals surface area contributed by atoms with E-state index in [9.17, 15) is 9.18 Å². The van der Waals surface area contributed by atoms with Crippen molar-refractivity contribution in [3.05, 3.63) is 64.7 Å². The zero-order chi connectivity index (χ0) is 15.2. The minimum Gasteiger partial charge on any atom is -0.375 e. The summed E-state index contributed by atoms with van der Waals surface area (Å²) >= 11 is 5.83. The van der Waals surface area contributed by atoms with Gasteiger partial charge in [0.05, 0.1) is 11.7 Å². The van der Waals surface area contributed by atoms with Gasteiger partial charge in [0.25, 0.3) is 5.91 Å². The number of methoxy groups -OCH3 is 1. The van der Waals surface area contributed by atoms with Crippen LogP contribution in [0, 0.1) is 5.95 Å². The molecule has 0 saturated carbocycles. The fourth-order valence-corrected chi connectivity index (χ4v) is 1.94. The van der Waals surface area contributed by atoms with Gasteiger partial charge in [-0.05, 0) is 29.8 Å². The van der Waals surface area contributed by atoms with Crippen LogP contribution in [-0.2, 0) is 4.74 Å². The number of carbonyl (C=O) groups excluding carboxylic acids is 1. The van der Waals surface area contributed by atoms with Crippen molar-refractivity contribution in [2.75, 3.05) is 13.7 Å². The van der Waals surface area contributed by atoms with Gasteiger partial charge in [-0.3, -0.25) is 4.79 Å². The average molecular weight is 309 g/mol. The minimum absolute atomic E-state index is 0.286. The molecular formula is C15H14ClFN2O2. The molecule has 0 spiro atoms. The standard InChI is InChI=1S/C15H14ClFN2O2/c1-21-13(10-2-5-12(16)6-3-10)9-19-15(20)11-4-7-14(17)18-8-11/h2-8,13H,9H2,1H3,(H,19,20). The van der Waals surface area contributed by atoms with Gasteiger partial charge in [-0.1, -0.05) is 23.7 Å². The van der Waals surface area contributed by atoms with Crippen molar-refractivity contribution >= 4 is 17.5 Å². The first-order valence-corrected chi connectivity index (χ1v) is 6.66. The zero-order valence-electron chi connectivity index (χ0n) is 11.3. The third-order valence-corrected chi connectivity index (χ3v) is 3.22. The second-order valence-electron chi connectivity index (χ2n) is 4.36. The molecule has 1 N–H and O–H groups in total. The van der Waals surface area contributed by atoms with E-state index in [-0.39, 0.29) is 18.6 Å². The van der Waals surface area contributed by atoms with Gasteiger partial charge in [0.2, 0.25) is 5.95 Å². The number of benzene rings is 1. The smallest absolute Gasteiger partial charge is 0.252 e. The minimum atomic E-state index is -0.623. The number of halogens is 2. The molecule has 6 heteroatoms. The van der Waals surface area contributed by atoms with Gasteiger partial charge in [-0.15, -0.1) is 0 Å². The number of pyridine rings is 1. The summed E-state index contributed by atoms with van der Waals surface area (Å²) in [7, 11) is 1.56. The Morgan fingerprint density at radius 1 is 1.33 bits per heavy atom. The molecule has 2 rings (SSSR count). The SMILES string of the molecule is COC(CNC(=O)c1ccc(F)nc1)c1ccc(Cl)cc1. The molecule has 1 amide bonds. The highest BCUT2D eigenvalue weighted by molar-refractivity contribution is 6.30. The Kier molecular flexibility index (Phi) is 5.25. The van der Waals surface area contributed by atoms with Crippen LogP contribution in [0.2, 0.25) is 5.02 Å². The highest BCUT2D eigenvalue weighted by Gasteiger charge is 2.13. The number of ether oxygens (including phenoxy) is 1. The number of rotatable bonds is 5. The first-order valence-electron chi connectivity index (χ1n) is 6.28. The van der Waals surface area contributed by atoms with Crippen molar-refractivity contribution in [3.63, 3.8) is 0 Å². The molecule has 0 radical (unpaired) electrons. The second-order valence-corrected chi connectivity index (χ2v) is 4.79. The van der Waals surface area contributed by atoms with Gasteiger partial charge in [-0.25, -0.2) is 4.98 Å². The van der Waals surface area contributed by atoms with Crippen molar-refractivity contribution in [1.29, 1.82) is 0 Å². The van der Waals surface area contributed by atoms with E-state index in [2.05, 4.69) is 10.3 Å². The topological polar surface area (TPSA) is 51.2 Å². The molecule has 0 fully saturated rings. The molecule has 2 aromatic rings. The normalized spacial score (nSPS) is 12.0. The van der Waals surface area contributed by atoms with E-state index in [0.717, 1.165) is 11.6 Å². The Balaban J connectivity index is 1.98. The predicted octanol–water partition coefficient (Wildman–Crippen LogP) is 2.99. The summed E-state index contributed by atoms with van der Waals surface area (Å²) in [5.41, 5.74) is 1.20. The van der Waals surface area contributed by atoms with Crippen molar-refractivity contribution in [1.82, 2.24) is 10.3 Å². The molecule has 1 atom stereocenters. The highest BCUT2D eigenvalue weighted by atomic mass is 35.5. The van der Waals surface area contributed by atoms with Crippen LogP contribution in [0.25, 0.3) is 0 Å². The maximum Gasteiger partial charge on any atom is 0.252 e. The Hall–Kier alpha value is -1.98. The summed E-state index contributed by atoms with van der Waals surface area (Å²) in [5.74, 6) is -0.957. The second kappa shape index (κ2) is 7.15. The fraction of sp³-hybridized carbons (Fsp3) is 0.200. The number of hydrogen-bond donors (Lipinski definition) is 1. The molecule has 4 nitrogen and oxygen atoms in total. The Morgan fingerprint density at radius 2 is 2.05 bits per heavy atom. The van der Waals surface area contributed by atoms with Gasteiger partial charge in [0.1, 0.15) is 0 Å². The third-order valence-electron chi connectivity index (χ3n) is 2.96. The lowest BCUT2D eigenvalue weighted by molar-refractivity contribution is 0.0827. The maximum atomic E-state index is 12.7. The van der Waals surface area contributed by atoms with E-state index < -0.39 is 5.95 Å². The van der Waals surface area contributed by atoms with E-state index >= 15 is 0 Å². The van der Waals surface area contributed by atoms with Crippen LogP contribution in [0.15, 0.2) is 42.6 Å². The lowest BCUT2D eigenvalue weighted by atomic mass is 10.1. The monoisotopic (exact) mass is 308 g/mol. The van der Waals surface area contributed by atoms with Crippen LogP contribution in [-0.4, -0.2) is 24.5 Å². The van der Waals surface area contributed by atoms with Gasteiger partial charge < -0.3 is 10.1 Å². The Labute approximate surface area is 126 Å². The third kappa shape index (κ3) is 4.24. The van der Waals surface area contributed by atoms with Crippen LogP contribution < -0.4 is 5.32 Å². The summed E-state index contributed by atoms with van der Waals surface area (Å²) in [6.07, 6.45) is 0.897. The van der Waals surface area contributed by atoms with E-state index in [4.69, 9.17) is 16.3 Å². The van der Waals surface area contributed by atoms with E-state index in [0.29, 0.717) is 10.6 Å². The van der Waals surface area contributed by atoms with Crippen molar-refractivity contribution in [2.45, 2.75) is 6.10 Å². The molecule has 21 heavy (non-hydrogen) atoms. The molecule has 1 unspecified atom stereocenters. The lowest BCUT2D eigenvalue weighted by Gasteiger charge is -2.16. The molecule has 1 aromatic heterocycles. The van der Waals surface area contributed by atoms with Crippen LogP contribution in [0.1, 0.15) is 22.0 Å². The number of aromatic nitrogens is 1. The average Bonchev–Trinajstić information content (AvgIpc) is 2.50. The van der Waals surface area contributed by atoms with Gasteiger partial charge in [0, 0.05) is 24.9 Å². The molecule has 0 aliphatic carbocycles. The summed E-state index contributed by atoms with van der Waals surface area (Å²) in [6.45, 7) is 0.286. The quantitative estimate of drug-likeness (QED) is 0.864. The molecule has 0 aliphatic rings. The zero-order valence-corrected chi connectivity index (χ0v) is 12.1.